The van der Waals surface area contributed by atoms with Crippen molar-refractivity contribution in [3.05, 3.63) is 70.5 Å². The topological polar surface area (TPSA) is 12.0 Å². The fourth-order valence-electron chi connectivity index (χ4n) is 2.59. The van der Waals surface area contributed by atoms with Crippen LogP contribution in [0.1, 0.15) is 36.9 Å². The summed E-state index contributed by atoms with van der Waals surface area (Å²) >= 11 is 6.18. The largest absolute Gasteiger partial charge is 0.310 e. The zero-order valence-corrected chi connectivity index (χ0v) is 13.0. The molecule has 0 saturated heterocycles. The van der Waals surface area contributed by atoms with Crippen molar-refractivity contribution in [2.75, 3.05) is 6.54 Å². The van der Waals surface area contributed by atoms with Crippen molar-refractivity contribution in [2.24, 2.45) is 0 Å². The van der Waals surface area contributed by atoms with Crippen molar-refractivity contribution < 1.29 is 4.39 Å². The molecular formula is C18H21ClFN. The minimum absolute atomic E-state index is 0.0348. The van der Waals surface area contributed by atoms with Gasteiger partial charge in [0.2, 0.25) is 0 Å². The molecule has 0 heterocycles. The Morgan fingerprint density at radius 3 is 2.52 bits per heavy atom. The molecule has 0 aliphatic heterocycles. The normalized spacial score (nSPS) is 12.3. The highest BCUT2D eigenvalue weighted by Gasteiger charge is 2.17. The van der Waals surface area contributed by atoms with Gasteiger partial charge in [0, 0.05) is 16.6 Å². The first-order valence-corrected chi connectivity index (χ1v) is 7.81. The monoisotopic (exact) mass is 305 g/mol. The first kappa shape index (κ1) is 16.0. The molecule has 0 aliphatic rings. The van der Waals surface area contributed by atoms with Crippen LogP contribution in [0.3, 0.4) is 0 Å². The van der Waals surface area contributed by atoms with E-state index in [-0.39, 0.29) is 11.9 Å². The Balaban J connectivity index is 2.02. The summed E-state index contributed by atoms with van der Waals surface area (Å²) in [6, 6.07) is 15.2. The maximum Gasteiger partial charge on any atom is 0.129 e. The van der Waals surface area contributed by atoms with Crippen molar-refractivity contribution in [3.8, 4) is 0 Å². The van der Waals surface area contributed by atoms with Gasteiger partial charge in [0.05, 0.1) is 0 Å². The highest BCUT2D eigenvalue weighted by atomic mass is 35.5. The van der Waals surface area contributed by atoms with Gasteiger partial charge in [-0.3, -0.25) is 0 Å². The molecule has 0 aliphatic carbocycles. The van der Waals surface area contributed by atoms with Gasteiger partial charge in [-0.25, -0.2) is 4.39 Å². The lowest BCUT2D eigenvalue weighted by molar-refractivity contribution is 0.473. The molecule has 0 radical (unpaired) electrons. The number of halogens is 2. The number of benzene rings is 2. The summed E-state index contributed by atoms with van der Waals surface area (Å²) in [5, 5.41) is 3.84. The molecule has 3 heteroatoms. The second kappa shape index (κ2) is 8.16. The lowest BCUT2D eigenvalue weighted by atomic mass is 9.98. The second-order valence-corrected chi connectivity index (χ2v) is 5.53. The molecule has 2 aromatic carbocycles. The van der Waals surface area contributed by atoms with Crippen molar-refractivity contribution in [2.45, 2.75) is 32.2 Å². The maximum absolute atomic E-state index is 14.0. The second-order valence-electron chi connectivity index (χ2n) is 5.12. The quantitative estimate of drug-likeness (QED) is 0.745. The van der Waals surface area contributed by atoms with Gasteiger partial charge in [0.1, 0.15) is 5.82 Å². The van der Waals surface area contributed by atoms with Crippen LogP contribution in [0.25, 0.3) is 0 Å². The van der Waals surface area contributed by atoms with E-state index in [2.05, 4.69) is 17.4 Å². The van der Waals surface area contributed by atoms with Gasteiger partial charge in [-0.05, 0) is 43.5 Å². The van der Waals surface area contributed by atoms with E-state index < -0.39 is 0 Å². The van der Waals surface area contributed by atoms with E-state index in [1.54, 1.807) is 12.1 Å². The molecule has 0 saturated carbocycles. The third-order valence-corrected chi connectivity index (χ3v) is 3.93. The van der Waals surface area contributed by atoms with Crippen molar-refractivity contribution in [1.29, 1.82) is 0 Å². The first-order valence-electron chi connectivity index (χ1n) is 7.43. The molecule has 0 spiro atoms. The SMILES string of the molecule is CCNC(CCCc1ccccc1)c1c(F)cccc1Cl. The molecular weight excluding hydrogens is 285 g/mol. The molecule has 2 rings (SSSR count). The Hall–Kier alpha value is -1.38. The van der Waals surface area contributed by atoms with E-state index >= 15 is 0 Å². The van der Waals surface area contributed by atoms with Crippen molar-refractivity contribution in [3.63, 3.8) is 0 Å². The van der Waals surface area contributed by atoms with Crippen LogP contribution in [-0.4, -0.2) is 6.54 Å². The molecule has 1 atom stereocenters. The van der Waals surface area contributed by atoms with Gasteiger partial charge in [-0.1, -0.05) is 54.9 Å². The third-order valence-electron chi connectivity index (χ3n) is 3.60. The van der Waals surface area contributed by atoms with Crippen LogP contribution in [0.2, 0.25) is 5.02 Å². The van der Waals surface area contributed by atoms with Crippen LogP contribution >= 0.6 is 11.6 Å². The van der Waals surface area contributed by atoms with Crippen molar-refractivity contribution >= 4 is 11.6 Å². The van der Waals surface area contributed by atoms with Gasteiger partial charge in [0.25, 0.3) is 0 Å². The zero-order chi connectivity index (χ0) is 15.1. The number of hydrogen-bond donors (Lipinski definition) is 1. The number of hydrogen-bond acceptors (Lipinski definition) is 1. The number of aryl methyl sites for hydroxylation is 1. The molecule has 0 amide bonds. The van der Waals surface area contributed by atoms with Crippen LogP contribution in [0.5, 0.6) is 0 Å². The summed E-state index contributed by atoms with van der Waals surface area (Å²) in [6.45, 7) is 2.82. The predicted molar refractivity (Wildman–Crippen MR) is 87.2 cm³/mol. The molecule has 0 bridgehead atoms. The Morgan fingerprint density at radius 1 is 1.10 bits per heavy atom. The number of rotatable bonds is 7. The molecule has 1 nitrogen and oxygen atoms in total. The minimum atomic E-state index is -0.229. The molecule has 21 heavy (non-hydrogen) atoms. The Bertz CT molecular complexity index is 536. The third kappa shape index (κ3) is 4.55. The summed E-state index contributed by atoms with van der Waals surface area (Å²) < 4.78 is 14.0. The molecule has 2 aromatic rings. The summed E-state index contributed by atoms with van der Waals surface area (Å²) in [6.07, 6.45) is 2.85. The fourth-order valence-corrected chi connectivity index (χ4v) is 2.89. The lowest BCUT2D eigenvalue weighted by Crippen LogP contribution is -2.22. The summed E-state index contributed by atoms with van der Waals surface area (Å²) in [4.78, 5) is 0. The van der Waals surface area contributed by atoms with E-state index in [4.69, 9.17) is 11.6 Å². The van der Waals surface area contributed by atoms with E-state index in [1.165, 1.54) is 11.6 Å². The first-order chi connectivity index (χ1) is 10.2. The summed E-state index contributed by atoms with van der Waals surface area (Å²) in [7, 11) is 0. The average molecular weight is 306 g/mol. The lowest BCUT2D eigenvalue weighted by Gasteiger charge is -2.20. The van der Waals surface area contributed by atoms with Crippen LogP contribution in [-0.2, 0) is 6.42 Å². The maximum atomic E-state index is 14.0. The Morgan fingerprint density at radius 2 is 1.86 bits per heavy atom. The summed E-state index contributed by atoms with van der Waals surface area (Å²) in [5.74, 6) is -0.229. The van der Waals surface area contributed by atoms with Gasteiger partial charge < -0.3 is 5.32 Å². The smallest absolute Gasteiger partial charge is 0.129 e. The Labute approximate surface area is 131 Å². The molecule has 112 valence electrons. The highest BCUT2D eigenvalue weighted by molar-refractivity contribution is 6.31. The average Bonchev–Trinajstić information content (AvgIpc) is 2.48. The van der Waals surface area contributed by atoms with E-state index in [0.717, 1.165) is 25.8 Å². The van der Waals surface area contributed by atoms with Gasteiger partial charge in [-0.15, -0.1) is 0 Å². The Kier molecular flexibility index (Phi) is 6.21. The molecule has 0 fully saturated rings. The van der Waals surface area contributed by atoms with Crippen LogP contribution in [0, 0.1) is 5.82 Å². The zero-order valence-electron chi connectivity index (χ0n) is 12.3. The van der Waals surface area contributed by atoms with Gasteiger partial charge in [-0.2, -0.15) is 0 Å². The molecule has 0 aromatic heterocycles. The van der Waals surface area contributed by atoms with Crippen LogP contribution < -0.4 is 5.32 Å². The minimum Gasteiger partial charge on any atom is -0.310 e. The standard InChI is InChI=1S/C18H21ClFN/c1-2-21-17(18-15(19)11-7-12-16(18)20)13-6-10-14-8-4-3-5-9-14/h3-5,7-9,11-12,17,21H,2,6,10,13H2,1H3. The molecule has 1 unspecified atom stereocenters. The number of nitrogens with one attached hydrogen (secondary N) is 1. The van der Waals surface area contributed by atoms with Gasteiger partial charge in [0.15, 0.2) is 0 Å². The van der Waals surface area contributed by atoms with Crippen molar-refractivity contribution in [1.82, 2.24) is 5.32 Å². The molecule has 1 N–H and O–H groups in total. The highest BCUT2D eigenvalue weighted by Crippen LogP contribution is 2.29. The van der Waals surface area contributed by atoms with Crippen LogP contribution in [0.15, 0.2) is 48.5 Å². The van der Waals surface area contributed by atoms with E-state index in [1.807, 2.05) is 25.1 Å². The van der Waals surface area contributed by atoms with Crippen LogP contribution in [0.4, 0.5) is 4.39 Å². The van der Waals surface area contributed by atoms with E-state index in [0.29, 0.717) is 10.6 Å². The fraction of sp³-hybridized carbons (Fsp3) is 0.333. The van der Waals surface area contributed by atoms with E-state index in [9.17, 15) is 4.39 Å². The predicted octanol–water partition coefficient (Wildman–Crippen LogP) is 5.15. The van der Waals surface area contributed by atoms with Gasteiger partial charge >= 0.3 is 0 Å². The summed E-state index contributed by atoms with van der Waals surface area (Å²) in [5.41, 5.74) is 1.90.